The van der Waals surface area contributed by atoms with E-state index in [0.29, 0.717) is 87.5 Å². The van der Waals surface area contributed by atoms with Crippen molar-refractivity contribution in [3.05, 3.63) is 71.3 Å². The Labute approximate surface area is 275 Å². The van der Waals surface area contributed by atoms with Crippen molar-refractivity contribution in [1.29, 1.82) is 0 Å². The molecule has 2 heterocycles. The van der Waals surface area contributed by atoms with Crippen LogP contribution in [0.4, 0.5) is 4.79 Å². The smallest absolute Gasteiger partial charge is 0.315 e. The lowest BCUT2D eigenvalue weighted by Crippen LogP contribution is -2.36. The number of hydrogen-bond donors (Lipinski definition) is 4. The quantitative estimate of drug-likeness (QED) is 0.0861. The molecule has 2 aliphatic heterocycles. The third-order valence-corrected chi connectivity index (χ3v) is 9.32. The minimum absolute atomic E-state index is 0.0606. The summed E-state index contributed by atoms with van der Waals surface area (Å²) in [6, 6.07) is 16.1. The average molecular weight is 655 g/mol. The molecule has 250 valence electrons. The maximum Gasteiger partial charge on any atom is 0.315 e. The summed E-state index contributed by atoms with van der Waals surface area (Å²) in [6.45, 7) is 4.03. The van der Waals surface area contributed by atoms with Crippen LogP contribution >= 0.6 is 11.8 Å². The zero-order chi connectivity index (χ0) is 32.4. The number of carbonyl (C=O) groups is 4. The molecule has 3 unspecified atom stereocenters. The predicted octanol–water partition coefficient (Wildman–Crippen LogP) is 3.32. The fourth-order valence-corrected chi connectivity index (χ4v) is 6.86. The van der Waals surface area contributed by atoms with E-state index in [1.165, 1.54) is 0 Å². The first kappa shape index (κ1) is 35.4. The Morgan fingerprint density at radius 3 is 2.02 bits per heavy atom. The van der Waals surface area contributed by atoms with Gasteiger partial charge < -0.3 is 35.5 Å². The number of benzene rings is 2. The summed E-state index contributed by atoms with van der Waals surface area (Å²) in [4.78, 5) is 48.4. The highest BCUT2D eigenvalue weighted by Crippen LogP contribution is 2.33. The van der Waals surface area contributed by atoms with Crippen LogP contribution in [-0.4, -0.2) is 99.4 Å². The van der Waals surface area contributed by atoms with Gasteiger partial charge in [0.2, 0.25) is 5.91 Å². The fraction of sp³-hybridized carbons (Fsp3) is 0.529. The Kier molecular flexibility index (Phi) is 15.3. The van der Waals surface area contributed by atoms with Gasteiger partial charge in [-0.3, -0.25) is 14.4 Å². The van der Waals surface area contributed by atoms with Crippen LogP contribution in [0.25, 0.3) is 0 Å². The molecule has 0 bridgehead atoms. The van der Waals surface area contributed by atoms with Crippen LogP contribution < -0.4 is 21.3 Å². The average Bonchev–Trinajstić information content (AvgIpc) is 3.63. The van der Waals surface area contributed by atoms with Gasteiger partial charge in [0.15, 0.2) is 5.78 Å². The molecule has 46 heavy (non-hydrogen) atoms. The second kappa shape index (κ2) is 19.9. The van der Waals surface area contributed by atoms with Crippen LogP contribution in [0.5, 0.6) is 0 Å². The number of rotatable bonds is 22. The standard InChI is InChI=1S/C34H46N4O7S/c39-30(11-5-4-10-29-31-28(24-46-29)37-34(42)38-31)35-16-6-18-43-20-22-45-23-21-44-19-7-17-36-33(41)27-14-12-26(13-15-27)32(40)25-8-2-1-3-9-25/h1-3,8-9,12-15,28-29,31H,4-7,10-11,16-24H2,(H,35,39)(H,36,41)(H2,37,38,42). The largest absolute Gasteiger partial charge is 0.379 e. The monoisotopic (exact) mass is 654 g/mol. The number of urea groups is 1. The number of nitrogens with one attached hydrogen (secondary N) is 4. The summed E-state index contributed by atoms with van der Waals surface area (Å²) in [5.74, 6) is 0.770. The summed E-state index contributed by atoms with van der Waals surface area (Å²) >= 11 is 1.90. The maximum atomic E-state index is 12.5. The molecule has 0 saturated carbocycles. The molecule has 2 fully saturated rings. The van der Waals surface area contributed by atoms with E-state index in [1.807, 2.05) is 30.0 Å². The maximum absolute atomic E-state index is 12.5. The lowest BCUT2D eigenvalue weighted by atomic mass is 10.0. The highest BCUT2D eigenvalue weighted by molar-refractivity contribution is 8.00. The van der Waals surface area contributed by atoms with Crippen molar-refractivity contribution in [3.63, 3.8) is 0 Å². The third-order valence-electron chi connectivity index (χ3n) is 7.81. The molecule has 4 amide bonds. The zero-order valence-electron chi connectivity index (χ0n) is 26.3. The van der Waals surface area contributed by atoms with Crippen molar-refractivity contribution in [1.82, 2.24) is 21.3 Å². The number of thioether (sulfide) groups is 1. The third kappa shape index (κ3) is 12.1. The summed E-state index contributed by atoms with van der Waals surface area (Å²) in [7, 11) is 0. The molecule has 4 N–H and O–H groups in total. The van der Waals surface area contributed by atoms with E-state index in [9.17, 15) is 19.2 Å². The van der Waals surface area contributed by atoms with Gasteiger partial charge in [0, 0.05) is 60.4 Å². The van der Waals surface area contributed by atoms with E-state index < -0.39 is 0 Å². The van der Waals surface area contributed by atoms with E-state index in [4.69, 9.17) is 14.2 Å². The Balaban J connectivity index is 0.882. The lowest BCUT2D eigenvalue weighted by Gasteiger charge is -2.16. The molecule has 2 saturated heterocycles. The number of amides is 4. The SMILES string of the molecule is O=C(CCCCC1SCC2NC(=O)NC21)NCCCOCCOCCOCCCNC(=O)c1ccc(C(=O)c2ccccc2)cc1. The molecule has 2 aliphatic rings. The minimum Gasteiger partial charge on any atom is -0.379 e. The molecule has 2 aromatic carbocycles. The van der Waals surface area contributed by atoms with Gasteiger partial charge in [-0.1, -0.05) is 48.9 Å². The molecule has 0 aromatic heterocycles. The summed E-state index contributed by atoms with van der Waals surface area (Å²) in [5, 5.41) is 12.2. The van der Waals surface area contributed by atoms with Gasteiger partial charge in [0.1, 0.15) is 0 Å². The van der Waals surface area contributed by atoms with E-state index in [-0.39, 0.29) is 35.7 Å². The van der Waals surface area contributed by atoms with Crippen molar-refractivity contribution in [2.45, 2.75) is 55.9 Å². The molecule has 0 aliphatic carbocycles. The van der Waals surface area contributed by atoms with Crippen LogP contribution in [-0.2, 0) is 19.0 Å². The van der Waals surface area contributed by atoms with Gasteiger partial charge in [-0.2, -0.15) is 11.8 Å². The number of fused-ring (bicyclic) bond motifs is 1. The summed E-state index contributed by atoms with van der Waals surface area (Å²) in [6.07, 6.45) is 4.80. The normalized spacial score (nSPS) is 18.4. The van der Waals surface area contributed by atoms with Crippen LogP contribution in [0.2, 0.25) is 0 Å². The number of unbranched alkanes of at least 4 members (excludes halogenated alkanes) is 1. The summed E-state index contributed by atoms with van der Waals surface area (Å²) < 4.78 is 16.6. The van der Waals surface area contributed by atoms with Gasteiger partial charge in [0.05, 0.1) is 38.5 Å². The van der Waals surface area contributed by atoms with Crippen LogP contribution in [0.15, 0.2) is 54.6 Å². The van der Waals surface area contributed by atoms with Crippen molar-refractivity contribution in [2.24, 2.45) is 0 Å². The highest BCUT2D eigenvalue weighted by Gasteiger charge is 2.42. The van der Waals surface area contributed by atoms with E-state index in [2.05, 4.69) is 21.3 Å². The van der Waals surface area contributed by atoms with Crippen molar-refractivity contribution < 1.29 is 33.4 Å². The highest BCUT2D eigenvalue weighted by atomic mass is 32.2. The first-order valence-electron chi connectivity index (χ1n) is 16.2. The molecule has 3 atom stereocenters. The van der Waals surface area contributed by atoms with E-state index in [0.717, 1.165) is 31.4 Å². The Hall–Kier alpha value is -3.45. The molecule has 0 spiro atoms. The number of ether oxygens (including phenoxy) is 3. The van der Waals surface area contributed by atoms with Crippen molar-refractivity contribution in [3.8, 4) is 0 Å². The zero-order valence-corrected chi connectivity index (χ0v) is 27.1. The Bertz CT molecular complexity index is 1250. The van der Waals surface area contributed by atoms with Crippen LogP contribution in [0, 0.1) is 0 Å². The summed E-state index contributed by atoms with van der Waals surface area (Å²) in [5.41, 5.74) is 1.66. The number of ketones is 1. The van der Waals surface area contributed by atoms with Crippen LogP contribution in [0.3, 0.4) is 0 Å². The Morgan fingerprint density at radius 2 is 1.33 bits per heavy atom. The van der Waals surface area contributed by atoms with Crippen molar-refractivity contribution in [2.75, 3.05) is 58.5 Å². The fourth-order valence-electron chi connectivity index (χ4n) is 5.31. The molecule has 11 nitrogen and oxygen atoms in total. The molecular weight excluding hydrogens is 608 g/mol. The minimum atomic E-state index is -0.187. The second-order valence-corrected chi connectivity index (χ2v) is 12.6. The molecule has 0 radical (unpaired) electrons. The lowest BCUT2D eigenvalue weighted by molar-refractivity contribution is -0.121. The second-order valence-electron chi connectivity index (χ2n) is 11.3. The number of carbonyl (C=O) groups excluding carboxylic acids is 4. The van der Waals surface area contributed by atoms with Gasteiger partial charge in [0.25, 0.3) is 5.91 Å². The van der Waals surface area contributed by atoms with Crippen molar-refractivity contribution >= 4 is 35.4 Å². The molecule has 4 rings (SSSR count). The van der Waals surface area contributed by atoms with E-state index in [1.54, 1.807) is 36.4 Å². The molecular formula is C34H46N4O7S. The van der Waals surface area contributed by atoms with E-state index >= 15 is 0 Å². The van der Waals surface area contributed by atoms with Gasteiger partial charge in [-0.25, -0.2) is 4.79 Å². The molecule has 12 heteroatoms. The number of hydrogen-bond acceptors (Lipinski definition) is 8. The Morgan fingerprint density at radius 1 is 0.717 bits per heavy atom. The van der Waals surface area contributed by atoms with Gasteiger partial charge in [-0.15, -0.1) is 0 Å². The van der Waals surface area contributed by atoms with Gasteiger partial charge in [-0.05, 0) is 37.8 Å². The first-order chi connectivity index (χ1) is 22.5. The van der Waals surface area contributed by atoms with Gasteiger partial charge >= 0.3 is 6.03 Å². The topological polar surface area (TPSA) is 144 Å². The molecule has 2 aromatic rings. The first-order valence-corrected chi connectivity index (χ1v) is 17.2. The predicted molar refractivity (Wildman–Crippen MR) is 177 cm³/mol. The van der Waals surface area contributed by atoms with Crippen LogP contribution in [0.1, 0.15) is 64.8 Å².